The van der Waals surface area contributed by atoms with Crippen LogP contribution in [0.25, 0.3) is 5.69 Å². The first-order valence-electron chi connectivity index (χ1n) is 9.60. The first-order chi connectivity index (χ1) is 14.1. The van der Waals surface area contributed by atoms with Crippen molar-refractivity contribution < 1.29 is 9.53 Å². The van der Waals surface area contributed by atoms with E-state index < -0.39 is 0 Å². The Morgan fingerprint density at radius 3 is 2.66 bits per heavy atom. The second kappa shape index (κ2) is 10.1. The zero-order valence-corrected chi connectivity index (χ0v) is 17.8. The number of rotatable bonds is 9. The van der Waals surface area contributed by atoms with Gasteiger partial charge in [0.2, 0.25) is 5.91 Å². The van der Waals surface area contributed by atoms with Gasteiger partial charge in [-0.2, -0.15) is 0 Å². The third kappa shape index (κ3) is 5.60. The number of carbonyl (C=O) groups excluding carboxylic acids is 1. The number of nitrogens with zero attached hydrogens (tertiary/aromatic N) is 3. The van der Waals surface area contributed by atoms with Gasteiger partial charge in [-0.3, -0.25) is 9.36 Å². The van der Waals surface area contributed by atoms with Crippen LogP contribution in [-0.4, -0.2) is 40.1 Å². The highest BCUT2D eigenvalue weighted by molar-refractivity contribution is 7.99. The van der Waals surface area contributed by atoms with Crippen LogP contribution in [0.5, 0.6) is 5.75 Å². The topological polar surface area (TPSA) is 69.0 Å². The molecule has 1 N–H and O–H groups in total. The molecule has 152 valence electrons. The van der Waals surface area contributed by atoms with Crippen LogP contribution in [-0.2, 0) is 11.2 Å². The number of hydrogen-bond acceptors (Lipinski definition) is 5. The average molecular weight is 411 g/mol. The molecule has 7 heteroatoms. The number of thioether (sulfide) groups is 1. The number of benzene rings is 2. The van der Waals surface area contributed by atoms with Gasteiger partial charge in [0, 0.05) is 12.2 Å². The Balaban J connectivity index is 1.51. The summed E-state index contributed by atoms with van der Waals surface area (Å²) < 4.78 is 7.24. The number of nitrogens with one attached hydrogen (secondary N) is 1. The maximum absolute atomic E-state index is 12.2. The van der Waals surface area contributed by atoms with Gasteiger partial charge in [0.05, 0.1) is 12.9 Å². The molecule has 3 rings (SSSR count). The van der Waals surface area contributed by atoms with Crippen LogP contribution in [0.15, 0.2) is 60.0 Å². The highest BCUT2D eigenvalue weighted by Crippen LogP contribution is 2.22. The summed E-state index contributed by atoms with van der Waals surface area (Å²) in [6.07, 6.45) is 2.39. The van der Waals surface area contributed by atoms with Crippen molar-refractivity contribution in [1.29, 1.82) is 0 Å². The first-order valence-corrected chi connectivity index (χ1v) is 10.6. The van der Waals surface area contributed by atoms with Crippen molar-refractivity contribution in [2.24, 2.45) is 0 Å². The molecule has 1 heterocycles. The molecule has 0 saturated carbocycles. The molecule has 0 aliphatic carbocycles. The Hall–Kier alpha value is -2.80. The fraction of sp³-hybridized carbons (Fsp3) is 0.318. The quantitative estimate of drug-likeness (QED) is 0.543. The fourth-order valence-corrected chi connectivity index (χ4v) is 3.71. The van der Waals surface area contributed by atoms with E-state index >= 15 is 0 Å². The van der Waals surface area contributed by atoms with Crippen molar-refractivity contribution >= 4 is 17.7 Å². The van der Waals surface area contributed by atoms with Crippen molar-refractivity contribution in [3.63, 3.8) is 0 Å². The second-order valence-corrected chi connectivity index (χ2v) is 7.87. The summed E-state index contributed by atoms with van der Waals surface area (Å²) in [6, 6.07) is 16.2. The van der Waals surface area contributed by atoms with Gasteiger partial charge < -0.3 is 10.1 Å². The first kappa shape index (κ1) is 20.9. The summed E-state index contributed by atoms with van der Waals surface area (Å²) in [5.41, 5.74) is 3.34. The molecule has 0 aliphatic rings. The Kier molecular flexibility index (Phi) is 7.30. The maximum atomic E-state index is 12.2. The lowest BCUT2D eigenvalue weighted by atomic mass is 10.0. The molecule has 0 radical (unpaired) electrons. The minimum Gasteiger partial charge on any atom is -0.496 e. The SMILES string of the molecule is COc1ccccc1CCNC(=O)CSc1nncn1-c1ccc(C(C)C)cc1. The van der Waals surface area contributed by atoms with Crippen molar-refractivity contribution in [1.82, 2.24) is 20.1 Å². The van der Waals surface area contributed by atoms with E-state index in [-0.39, 0.29) is 11.7 Å². The Morgan fingerprint density at radius 1 is 1.17 bits per heavy atom. The van der Waals surface area contributed by atoms with Crippen LogP contribution in [0.1, 0.15) is 30.9 Å². The van der Waals surface area contributed by atoms with E-state index in [1.165, 1.54) is 17.3 Å². The fourth-order valence-electron chi connectivity index (χ4n) is 2.95. The molecule has 6 nitrogen and oxygen atoms in total. The van der Waals surface area contributed by atoms with E-state index in [0.717, 1.165) is 23.4 Å². The van der Waals surface area contributed by atoms with Gasteiger partial charge >= 0.3 is 0 Å². The maximum Gasteiger partial charge on any atom is 0.230 e. The molecule has 0 saturated heterocycles. The van der Waals surface area contributed by atoms with Gasteiger partial charge in [0.1, 0.15) is 12.1 Å². The predicted molar refractivity (Wildman–Crippen MR) is 116 cm³/mol. The Morgan fingerprint density at radius 2 is 1.93 bits per heavy atom. The van der Waals surface area contributed by atoms with Gasteiger partial charge in [0.15, 0.2) is 5.16 Å². The third-order valence-corrected chi connectivity index (χ3v) is 5.54. The van der Waals surface area contributed by atoms with E-state index in [2.05, 4.69) is 53.6 Å². The minimum absolute atomic E-state index is 0.0328. The summed E-state index contributed by atoms with van der Waals surface area (Å²) >= 11 is 1.37. The highest BCUT2D eigenvalue weighted by atomic mass is 32.2. The molecule has 1 amide bonds. The molecule has 0 bridgehead atoms. The van der Waals surface area contributed by atoms with E-state index in [1.54, 1.807) is 13.4 Å². The van der Waals surface area contributed by atoms with Gasteiger partial charge in [0.25, 0.3) is 0 Å². The smallest absolute Gasteiger partial charge is 0.230 e. The lowest BCUT2D eigenvalue weighted by Gasteiger charge is -2.10. The molecule has 0 atom stereocenters. The predicted octanol–water partition coefficient (Wildman–Crippen LogP) is 3.85. The number of amides is 1. The molecular weight excluding hydrogens is 384 g/mol. The van der Waals surface area contributed by atoms with E-state index in [0.29, 0.717) is 17.6 Å². The number of carbonyl (C=O) groups is 1. The summed E-state index contributed by atoms with van der Waals surface area (Å²) in [7, 11) is 1.65. The molecule has 2 aromatic carbocycles. The average Bonchev–Trinajstić information content (AvgIpc) is 3.21. The summed E-state index contributed by atoms with van der Waals surface area (Å²) in [6.45, 7) is 4.90. The summed E-state index contributed by atoms with van der Waals surface area (Å²) in [4.78, 5) is 12.2. The van der Waals surface area contributed by atoms with Crippen LogP contribution in [0, 0.1) is 0 Å². The van der Waals surface area contributed by atoms with Gasteiger partial charge in [-0.05, 0) is 41.7 Å². The van der Waals surface area contributed by atoms with E-state index in [1.807, 2.05) is 28.8 Å². The largest absolute Gasteiger partial charge is 0.496 e. The van der Waals surface area contributed by atoms with Gasteiger partial charge in [-0.15, -0.1) is 10.2 Å². The lowest BCUT2D eigenvalue weighted by Crippen LogP contribution is -2.27. The second-order valence-electron chi connectivity index (χ2n) is 6.93. The lowest BCUT2D eigenvalue weighted by molar-refractivity contribution is -0.118. The summed E-state index contributed by atoms with van der Waals surface area (Å²) in [5, 5.41) is 11.8. The van der Waals surface area contributed by atoms with Crippen molar-refractivity contribution in [3.8, 4) is 11.4 Å². The molecule has 0 fully saturated rings. The molecule has 29 heavy (non-hydrogen) atoms. The van der Waals surface area contributed by atoms with Crippen LogP contribution < -0.4 is 10.1 Å². The number of para-hydroxylation sites is 1. The molecular formula is C22H26N4O2S. The number of aromatic nitrogens is 3. The third-order valence-electron chi connectivity index (χ3n) is 4.60. The highest BCUT2D eigenvalue weighted by Gasteiger charge is 2.11. The number of methoxy groups -OCH3 is 1. The monoisotopic (exact) mass is 410 g/mol. The van der Waals surface area contributed by atoms with E-state index in [4.69, 9.17) is 4.74 Å². The molecule has 0 aliphatic heterocycles. The van der Waals surface area contributed by atoms with E-state index in [9.17, 15) is 4.79 Å². The van der Waals surface area contributed by atoms with Crippen molar-refractivity contribution in [3.05, 3.63) is 66.0 Å². The normalized spacial score (nSPS) is 10.9. The standard InChI is InChI=1S/C22H26N4O2S/c1-16(2)17-8-10-19(11-9-17)26-15-24-25-22(26)29-14-21(27)23-13-12-18-6-4-5-7-20(18)28-3/h4-11,15-16H,12-14H2,1-3H3,(H,23,27). The Bertz CT molecular complexity index is 938. The zero-order chi connectivity index (χ0) is 20.6. The van der Waals surface area contributed by atoms with Crippen LogP contribution >= 0.6 is 11.8 Å². The van der Waals surface area contributed by atoms with Crippen LogP contribution in [0.3, 0.4) is 0 Å². The van der Waals surface area contributed by atoms with Gasteiger partial charge in [-0.1, -0.05) is 55.9 Å². The molecule has 1 aromatic heterocycles. The molecule has 0 spiro atoms. The van der Waals surface area contributed by atoms with Crippen LogP contribution in [0.4, 0.5) is 0 Å². The summed E-state index contributed by atoms with van der Waals surface area (Å²) in [5.74, 6) is 1.58. The Labute approximate surface area is 175 Å². The molecule has 0 unspecified atom stereocenters. The van der Waals surface area contributed by atoms with Crippen LogP contribution in [0.2, 0.25) is 0 Å². The number of hydrogen-bond donors (Lipinski definition) is 1. The zero-order valence-electron chi connectivity index (χ0n) is 17.0. The number of ether oxygens (including phenoxy) is 1. The van der Waals surface area contributed by atoms with Crippen molar-refractivity contribution in [2.45, 2.75) is 31.3 Å². The molecule has 3 aromatic rings. The minimum atomic E-state index is -0.0328. The van der Waals surface area contributed by atoms with Gasteiger partial charge in [-0.25, -0.2) is 0 Å². The van der Waals surface area contributed by atoms with Crippen molar-refractivity contribution in [2.75, 3.05) is 19.4 Å².